The Hall–Kier alpha value is -1.62. The first kappa shape index (κ1) is 17.7. The van der Waals surface area contributed by atoms with E-state index in [-0.39, 0.29) is 0 Å². The number of thiocarbonyl (C=S) groups is 1. The summed E-state index contributed by atoms with van der Waals surface area (Å²) in [5.74, 6) is 0.499. The van der Waals surface area contributed by atoms with E-state index in [1.54, 1.807) is 24.4 Å². The fraction of sp³-hybridized carbons (Fsp3) is 0.176. The van der Waals surface area contributed by atoms with Crippen LogP contribution in [-0.2, 0) is 0 Å². The Morgan fingerprint density at radius 3 is 2.26 bits per heavy atom. The third-order valence-corrected chi connectivity index (χ3v) is 4.05. The van der Waals surface area contributed by atoms with Crippen LogP contribution in [-0.4, -0.2) is 11.3 Å². The van der Waals surface area contributed by atoms with Crippen molar-refractivity contribution in [3.05, 3.63) is 63.6 Å². The van der Waals surface area contributed by atoms with Crippen molar-refractivity contribution in [1.29, 1.82) is 0 Å². The van der Waals surface area contributed by atoms with Gasteiger partial charge in [0.05, 0.1) is 16.3 Å². The molecule has 0 bridgehead atoms. The van der Waals surface area contributed by atoms with E-state index in [1.807, 2.05) is 12.1 Å². The topological polar surface area (TPSA) is 36.4 Å². The van der Waals surface area contributed by atoms with Crippen LogP contribution in [0, 0.1) is 0 Å². The molecular formula is C17H17Cl2N3S. The summed E-state index contributed by atoms with van der Waals surface area (Å²) in [5.41, 5.74) is 5.57. The average Bonchev–Trinajstić information content (AvgIpc) is 2.51. The van der Waals surface area contributed by atoms with Crippen LogP contribution in [0.15, 0.2) is 47.6 Å². The molecule has 0 aliphatic rings. The lowest BCUT2D eigenvalue weighted by Crippen LogP contribution is -2.23. The Kier molecular flexibility index (Phi) is 6.39. The summed E-state index contributed by atoms with van der Waals surface area (Å²) in [6, 6.07) is 13.4. The molecule has 0 radical (unpaired) electrons. The van der Waals surface area contributed by atoms with Crippen LogP contribution >= 0.6 is 35.4 Å². The van der Waals surface area contributed by atoms with Gasteiger partial charge in [0.25, 0.3) is 0 Å². The molecule has 0 saturated heterocycles. The molecule has 0 amide bonds. The van der Waals surface area contributed by atoms with E-state index >= 15 is 0 Å². The minimum absolute atomic E-state index is 0.390. The molecule has 2 aromatic carbocycles. The van der Waals surface area contributed by atoms with Crippen LogP contribution in [0.3, 0.4) is 0 Å². The van der Waals surface area contributed by atoms with Crippen molar-refractivity contribution in [2.75, 3.05) is 5.32 Å². The second-order valence-electron chi connectivity index (χ2n) is 5.24. The first-order valence-electron chi connectivity index (χ1n) is 7.11. The quantitative estimate of drug-likeness (QED) is 0.430. The molecule has 0 unspecified atom stereocenters. The predicted molar refractivity (Wildman–Crippen MR) is 104 cm³/mol. The van der Waals surface area contributed by atoms with Crippen molar-refractivity contribution in [1.82, 2.24) is 5.43 Å². The Labute approximate surface area is 151 Å². The lowest BCUT2D eigenvalue weighted by molar-refractivity contribution is 0.867. The molecule has 0 heterocycles. The molecule has 2 aromatic rings. The van der Waals surface area contributed by atoms with Crippen molar-refractivity contribution >= 4 is 52.4 Å². The number of nitrogens with zero attached hydrogens (tertiary/aromatic N) is 1. The number of hydrogen-bond donors (Lipinski definition) is 2. The van der Waals surface area contributed by atoms with E-state index in [1.165, 1.54) is 5.56 Å². The van der Waals surface area contributed by atoms with Gasteiger partial charge in [-0.15, -0.1) is 0 Å². The van der Waals surface area contributed by atoms with Crippen LogP contribution in [0.2, 0.25) is 10.0 Å². The molecule has 0 atom stereocenters. The molecule has 0 aromatic heterocycles. The van der Waals surface area contributed by atoms with Gasteiger partial charge in [-0.1, -0.05) is 55.2 Å². The van der Waals surface area contributed by atoms with Gasteiger partial charge in [-0.25, -0.2) is 0 Å². The third kappa shape index (κ3) is 5.20. The summed E-state index contributed by atoms with van der Waals surface area (Å²) in [6.45, 7) is 4.31. The SMILES string of the molecule is CC(C)c1ccc(NC(=S)N/N=C\c2c(Cl)cccc2Cl)cc1. The minimum atomic E-state index is 0.390. The fourth-order valence-corrected chi connectivity index (χ4v) is 2.57. The number of nitrogens with one attached hydrogen (secondary N) is 2. The van der Waals surface area contributed by atoms with Crippen LogP contribution < -0.4 is 10.7 Å². The predicted octanol–water partition coefficient (Wildman–Crippen LogP) is 5.44. The molecule has 0 fully saturated rings. The van der Waals surface area contributed by atoms with E-state index in [4.69, 9.17) is 35.4 Å². The number of rotatable bonds is 4. The van der Waals surface area contributed by atoms with E-state index in [0.29, 0.717) is 26.6 Å². The van der Waals surface area contributed by atoms with Crippen LogP contribution in [0.5, 0.6) is 0 Å². The highest BCUT2D eigenvalue weighted by Crippen LogP contribution is 2.22. The third-order valence-electron chi connectivity index (χ3n) is 3.19. The minimum Gasteiger partial charge on any atom is -0.331 e. The summed E-state index contributed by atoms with van der Waals surface area (Å²) in [5, 5.41) is 8.58. The standard InChI is InChI=1S/C17H17Cl2N3S/c1-11(2)12-6-8-13(9-7-12)21-17(23)22-20-10-14-15(18)4-3-5-16(14)19/h3-11H,1-2H3,(H2,21,22,23)/b20-10-. The Morgan fingerprint density at radius 2 is 1.70 bits per heavy atom. The zero-order valence-corrected chi connectivity index (χ0v) is 15.1. The second-order valence-corrected chi connectivity index (χ2v) is 6.46. The summed E-state index contributed by atoms with van der Waals surface area (Å²) in [7, 11) is 0. The Balaban J connectivity index is 1.93. The summed E-state index contributed by atoms with van der Waals surface area (Å²) >= 11 is 17.3. The fourth-order valence-electron chi connectivity index (χ4n) is 1.90. The zero-order chi connectivity index (χ0) is 16.8. The molecule has 0 saturated carbocycles. The highest BCUT2D eigenvalue weighted by Gasteiger charge is 2.03. The number of anilines is 1. The van der Waals surface area contributed by atoms with Gasteiger partial charge in [-0.3, -0.25) is 5.43 Å². The van der Waals surface area contributed by atoms with Crippen molar-refractivity contribution in [3.63, 3.8) is 0 Å². The molecule has 0 aliphatic heterocycles. The molecule has 0 aliphatic carbocycles. The summed E-state index contributed by atoms with van der Waals surface area (Å²) in [6.07, 6.45) is 1.54. The highest BCUT2D eigenvalue weighted by molar-refractivity contribution is 7.80. The van der Waals surface area contributed by atoms with Gasteiger partial charge in [0.15, 0.2) is 5.11 Å². The maximum Gasteiger partial charge on any atom is 0.191 e. The first-order valence-corrected chi connectivity index (χ1v) is 8.28. The normalized spacial score (nSPS) is 11.0. The smallest absolute Gasteiger partial charge is 0.191 e. The lowest BCUT2D eigenvalue weighted by atomic mass is 10.0. The molecule has 2 rings (SSSR count). The monoisotopic (exact) mass is 365 g/mol. The van der Waals surface area contributed by atoms with Gasteiger partial charge >= 0.3 is 0 Å². The molecule has 2 N–H and O–H groups in total. The van der Waals surface area contributed by atoms with E-state index in [2.05, 4.69) is 41.8 Å². The first-order chi connectivity index (χ1) is 11.0. The van der Waals surface area contributed by atoms with Crippen molar-refractivity contribution < 1.29 is 0 Å². The van der Waals surface area contributed by atoms with Crippen molar-refractivity contribution in [3.8, 4) is 0 Å². The maximum absolute atomic E-state index is 6.06. The van der Waals surface area contributed by atoms with Crippen LogP contribution in [0.25, 0.3) is 0 Å². The van der Waals surface area contributed by atoms with Crippen LogP contribution in [0.4, 0.5) is 5.69 Å². The van der Waals surface area contributed by atoms with Gasteiger partial charge in [0.1, 0.15) is 0 Å². The number of hydrazone groups is 1. The number of hydrogen-bond acceptors (Lipinski definition) is 2. The van der Waals surface area contributed by atoms with Gasteiger partial charge in [-0.05, 0) is 48.0 Å². The molecular weight excluding hydrogens is 349 g/mol. The number of halogens is 2. The highest BCUT2D eigenvalue weighted by atomic mass is 35.5. The van der Waals surface area contributed by atoms with E-state index in [0.717, 1.165) is 5.69 Å². The van der Waals surface area contributed by atoms with Gasteiger partial charge in [0, 0.05) is 11.3 Å². The summed E-state index contributed by atoms with van der Waals surface area (Å²) in [4.78, 5) is 0. The van der Waals surface area contributed by atoms with E-state index in [9.17, 15) is 0 Å². The van der Waals surface area contributed by atoms with Crippen molar-refractivity contribution in [2.24, 2.45) is 5.10 Å². The zero-order valence-electron chi connectivity index (χ0n) is 12.8. The maximum atomic E-state index is 6.06. The summed E-state index contributed by atoms with van der Waals surface area (Å²) < 4.78 is 0. The Morgan fingerprint density at radius 1 is 1.09 bits per heavy atom. The number of benzene rings is 2. The largest absolute Gasteiger partial charge is 0.331 e. The second kappa shape index (κ2) is 8.29. The molecule has 3 nitrogen and oxygen atoms in total. The van der Waals surface area contributed by atoms with Gasteiger partial charge < -0.3 is 5.32 Å². The van der Waals surface area contributed by atoms with Gasteiger partial charge in [0.2, 0.25) is 0 Å². The van der Waals surface area contributed by atoms with Crippen LogP contribution in [0.1, 0.15) is 30.9 Å². The average molecular weight is 366 g/mol. The molecule has 6 heteroatoms. The Bertz CT molecular complexity index is 692. The lowest BCUT2D eigenvalue weighted by Gasteiger charge is -2.09. The van der Waals surface area contributed by atoms with Crippen molar-refractivity contribution in [2.45, 2.75) is 19.8 Å². The molecule has 23 heavy (non-hydrogen) atoms. The molecule has 0 spiro atoms. The van der Waals surface area contributed by atoms with E-state index < -0.39 is 0 Å². The van der Waals surface area contributed by atoms with Gasteiger partial charge in [-0.2, -0.15) is 5.10 Å². The molecule has 120 valence electrons.